The van der Waals surface area contributed by atoms with E-state index in [4.69, 9.17) is 16.3 Å². The van der Waals surface area contributed by atoms with Crippen LogP contribution in [-0.4, -0.2) is 22.8 Å². The number of para-hydroxylation sites is 1. The van der Waals surface area contributed by atoms with Crippen LogP contribution in [0.25, 0.3) is 11.0 Å². The number of halogens is 2. The highest BCUT2D eigenvalue weighted by atomic mass is 35.5. The van der Waals surface area contributed by atoms with Gasteiger partial charge in [0.15, 0.2) is 0 Å². The lowest BCUT2D eigenvalue weighted by Crippen LogP contribution is -2.32. The van der Waals surface area contributed by atoms with Crippen LogP contribution >= 0.6 is 11.6 Å². The number of ether oxygens (including phenoxy) is 1. The summed E-state index contributed by atoms with van der Waals surface area (Å²) in [7, 11) is 0. The lowest BCUT2D eigenvalue weighted by molar-refractivity contribution is 0.161. The van der Waals surface area contributed by atoms with Gasteiger partial charge in [-0.05, 0) is 32.4 Å². The fourth-order valence-electron chi connectivity index (χ4n) is 2.75. The second kappa shape index (κ2) is 4.46. The summed E-state index contributed by atoms with van der Waals surface area (Å²) in [5.74, 6) is 0.441. The van der Waals surface area contributed by atoms with Crippen molar-refractivity contribution in [3.8, 4) is 0 Å². The number of rotatable bonds is 2. The quantitative estimate of drug-likeness (QED) is 0.787. The summed E-state index contributed by atoms with van der Waals surface area (Å²) in [6.07, 6.45) is 0.837. The molecule has 2 heterocycles. The van der Waals surface area contributed by atoms with Gasteiger partial charge in [0.05, 0.1) is 23.0 Å². The number of alkyl halides is 1. The predicted molar refractivity (Wildman–Crippen MR) is 73.0 cm³/mol. The molecule has 3 rings (SSSR count). The Hall–Kier alpha value is -1.13. The zero-order chi connectivity index (χ0) is 13.6. The Morgan fingerprint density at radius 1 is 1.53 bits per heavy atom. The molecule has 102 valence electrons. The first-order valence-corrected chi connectivity index (χ1v) is 6.86. The molecule has 19 heavy (non-hydrogen) atoms. The largest absolute Gasteiger partial charge is 0.379 e. The summed E-state index contributed by atoms with van der Waals surface area (Å²) >= 11 is 6.23. The molecule has 1 aromatic heterocycles. The molecule has 0 spiro atoms. The van der Waals surface area contributed by atoms with Crippen molar-refractivity contribution < 1.29 is 9.13 Å². The van der Waals surface area contributed by atoms with Crippen LogP contribution < -0.4 is 0 Å². The van der Waals surface area contributed by atoms with Gasteiger partial charge in [-0.25, -0.2) is 9.37 Å². The smallest absolute Gasteiger partial charge is 0.149 e. The van der Waals surface area contributed by atoms with Crippen LogP contribution in [0.5, 0.6) is 0 Å². The molecule has 5 heteroatoms. The Kier molecular flexibility index (Phi) is 3.02. The summed E-state index contributed by atoms with van der Waals surface area (Å²) in [5, 5.41) is -0.274. The van der Waals surface area contributed by atoms with Crippen molar-refractivity contribution in [1.82, 2.24) is 9.55 Å². The molecule has 1 saturated heterocycles. The molecule has 1 aromatic carbocycles. The molecule has 2 atom stereocenters. The topological polar surface area (TPSA) is 27.1 Å². The van der Waals surface area contributed by atoms with Gasteiger partial charge >= 0.3 is 0 Å². The molecule has 2 aromatic rings. The Balaban J connectivity index is 2.33. The highest BCUT2D eigenvalue weighted by Crippen LogP contribution is 2.36. The summed E-state index contributed by atoms with van der Waals surface area (Å²) < 4.78 is 21.6. The first-order valence-electron chi connectivity index (χ1n) is 6.42. The van der Waals surface area contributed by atoms with Crippen LogP contribution in [0.3, 0.4) is 0 Å². The zero-order valence-corrected chi connectivity index (χ0v) is 11.7. The molecule has 1 fully saturated rings. The van der Waals surface area contributed by atoms with Crippen LogP contribution in [0.15, 0.2) is 18.2 Å². The second-order valence-electron chi connectivity index (χ2n) is 5.33. The molecular weight excluding hydrogens is 267 g/mol. The van der Waals surface area contributed by atoms with Gasteiger partial charge in [0.2, 0.25) is 0 Å². The third-order valence-corrected chi connectivity index (χ3v) is 3.94. The minimum atomic E-state index is -0.282. The molecular formula is C14H16ClFN2O. The maximum Gasteiger partial charge on any atom is 0.149 e. The average molecular weight is 283 g/mol. The Morgan fingerprint density at radius 2 is 2.32 bits per heavy atom. The molecule has 0 amide bonds. The van der Waals surface area contributed by atoms with Gasteiger partial charge in [0.1, 0.15) is 17.2 Å². The lowest BCUT2D eigenvalue weighted by Gasteiger charge is -2.28. The molecule has 0 aliphatic carbocycles. The number of fused-ring (bicyclic) bond motifs is 1. The van der Waals surface area contributed by atoms with E-state index >= 15 is 0 Å². The van der Waals surface area contributed by atoms with Crippen LogP contribution in [0, 0.1) is 5.82 Å². The van der Waals surface area contributed by atoms with Gasteiger partial charge in [-0.15, -0.1) is 11.6 Å². The third kappa shape index (κ3) is 1.94. The SMILES string of the molecule is CC(Cl)c1nc2cccc(F)c2n1C1(C)CCOC1. The van der Waals surface area contributed by atoms with Crippen molar-refractivity contribution in [2.24, 2.45) is 0 Å². The van der Waals surface area contributed by atoms with Crippen LogP contribution in [0.4, 0.5) is 4.39 Å². The molecule has 0 radical (unpaired) electrons. The van der Waals surface area contributed by atoms with E-state index in [2.05, 4.69) is 11.9 Å². The average Bonchev–Trinajstić information content (AvgIpc) is 2.94. The molecule has 0 bridgehead atoms. The first-order chi connectivity index (χ1) is 9.03. The van der Waals surface area contributed by atoms with Gasteiger partial charge in [0.25, 0.3) is 0 Å². The molecule has 3 nitrogen and oxygen atoms in total. The fraction of sp³-hybridized carbons (Fsp3) is 0.500. The highest BCUT2D eigenvalue weighted by Gasteiger charge is 2.36. The van der Waals surface area contributed by atoms with Crippen molar-refractivity contribution in [2.45, 2.75) is 31.2 Å². The number of benzene rings is 1. The van der Waals surface area contributed by atoms with Crippen molar-refractivity contribution in [2.75, 3.05) is 13.2 Å². The van der Waals surface area contributed by atoms with E-state index in [1.165, 1.54) is 6.07 Å². The Morgan fingerprint density at radius 3 is 2.95 bits per heavy atom. The van der Waals surface area contributed by atoms with E-state index in [0.717, 1.165) is 6.42 Å². The van der Waals surface area contributed by atoms with Crippen molar-refractivity contribution in [3.05, 3.63) is 29.8 Å². The number of hydrogen-bond donors (Lipinski definition) is 0. The fourth-order valence-corrected chi connectivity index (χ4v) is 2.90. The van der Waals surface area contributed by atoms with E-state index < -0.39 is 0 Å². The Labute approximate surface area is 116 Å². The number of nitrogens with zero attached hydrogens (tertiary/aromatic N) is 2. The van der Waals surface area contributed by atoms with E-state index in [-0.39, 0.29) is 16.7 Å². The van der Waals surface area contributed by atoms with Crippen LogP contribution in [0.1, 0.15) is 31.5 Å². The van der Waals surface area contributed by atoms with E-state index in [1.54, 1.807) is 6.07 Å². The number of aromatic nitrogens is 2. The predicted octanol–water partition coefficient (Wildman–Crippen LogP) is 3.61. The van der Waals surface area contributed by atoms with Gasteiger partial charge in [-0.2, -0.15) is 0 Å². The number of hydrogen-bond acceptors (Lipinski definition) is 2. The first kappa shape index (κ1) is 12.9. The lowest BCUT2D eigenvalue weighted by atomic mass is 10.0. The van der Waals surface area contributed by atoms with Crippen molar-refractivity contribution in [3.63, 3.8) is 0 Å². The van der Waals surface area contributed by atoms with Crippen molar-refractivity contribution in [1.29, 1.82) is 0 Å². The van der Waals surface area contributed by atoms with E-state index in [9.17, 15) is 4.39 Å². The van der Waals surface area contributed by atoms with Gasteiger partial charge < -0.3 is 9.30 Å². The number of imidazole rings is 1. The van der Waals surface area contributed by atoms with Gasteiger partial charge in [-0.3, -0.25) is 0 Å². The van der Waals surface area contributed by atoms with Crippen LogP contribution in [-0.2, 0) is 10.3 Å². The zero-order valence-electron chi connectivity index (χ0n) is 11.0. The normalized spacial score (nSPS) is 25.1. The summed E-state index contributed by atoms with van der Waals surface area (Å²) in [6, 6.07) is 4.95. The molecule has 2 unspecified atom stereocenters. The maximum absolute atomic E-state index is 14.2. The minimum absolute atomic E-state index is 0.262. The molecule has 1 aliphatic rings. The maximum atomic E-state index is 14.2. The van der Waals surface area contributed by atoms with Crippen molar-refractivity contribution >= 4 is 22.6 Å². The second-order valence-corrected chi connectivity index (χ2v) is 5.98. The molecule has 0 saturated carbocycles. The minimum Gasteiger partial charge on any atom is -0.379 e. The monoisotopic (exact) mass is 282 g/mol. The summed E-state index contributed by atoms with van der Waals surface area (Å²) in [4.78, 5) is 4.50. The van der Waals surface area contributed by atoms with Gasteiger partial charge in [0, 0.05) is 6.61 Å². The highest BCUT2D eigenvalue weighted by molar-refractivity contribution is 6.20. The van der Waals surface area contributed by atoms with E-state index in [1.807, 2.05) is 17.6 Å². The van der Waals surface area contributed by atoms with Crippen LogP contribution in [0.2, 0.25) is 0 Å². The third-order valence-electron chi connectivity index (χ3n) is 3.75. The summed E-state index contributed by atoms with van der Waals surface area (Å²) in [6.45, 7) is 5.16. The standard InChI is InChI=1S/C14H16ClFN2O/c1-9(15)13-17-11-5-3-4-10(16)12(11)18(13)14(2)6-7-19-8-14/h3-5,9H,6-8H2,1-2H3. The summed E-state index contributed by atoms with van der Waals surface area (Å²) in [5.41, 5.74) is 0.892. The molecule has 1 aliphatic heterocycles. The van der Waals surface area contributed by atoms with E-state index in [0.29, 0.717) is 30.1 Å². The van der Waals surface area contributed by atoms with Gasteiger partial charge in [-0.1, -0.05) is 6.07 Å². The Bertz CT molecular complexity index is 617. The molecule has 0 N–H and O–H groups in total.